The maximum absolute atomic E-state index is 12.0. The number of nitrogens with zero attached hydrogens (tertiary/aromatic N) is 1. The highest BCUT2D eigenvalue weighted by Gasteiger charge is 2.12. The second-order valence-corrected chi connectivity index (χ2v) is 4.74. The molecule has 0 spiro atoms. The average molecular weight is 328 g/mol. The minimum absolute atomic E-state index is 0.112. The van der Waals surface area contributed by atoms with Crippen molar-refractivity contribution in [2.45, 2.75) is 0 Å². The van der Waals surface area contributed by atoms with Crippen LogP contribution in [-0.2, 0) is 4.79 Å². The van der Waals surface area contributed by atoms with E-state index in [2.05, 4.69) is 5.32 Å². The molecule has 0 bridgehead atoms. The summed E-state index contributed by atoms with van der Waals surface area (Å²) in [6, 6.07) is 11.2. The summed E-state index contributed by atoms with van der Waals surface area (Å²) >= 11 is 0. The van der Waals surface area contributed by atoms with E-state index in [1.165, 1.54) is 31.4 Å². The molecule has 0 radical (unpaired) electrons. The molecule has 24 heavy (non-hydrogen) atoms. The molecule has 0 aliphatic rings. The molecule has 0 atom stereocenters. The van der Waals surface area contributed by atoms with E-state index in [0.29, 0.717) is 5.69 Å². The Morgan fingerprint density at radius 2 is 1.83 bits per heavy atom. The van der Waals surface area contributed by atoms with Crippen molar-refractivity contribution < 1.29 is 19.2 Å². The van der Waals surface area contributed by atoms with Crippen LogP contribution < -0.4 is 14.8 Å². The van der Waals surface area contributed by atoms with Gasteiger partial charge in [0, 0.05) is 12.1 Å². The number of ether oxygens (including phenoxy) is 2. The molecule has 7 nitrogen and oxygen atoms in total. The highest BCUT2D eigenvalue weighted by molar-refractivity contribution is 6.02. The van der Waals surface area contributed by atoms with Gasteiger partial charge in [-0.3, -0.25) is 14.9 Å². The van der Waals surface area contributed by atoms with E-state index in [1.807, 2.05) is 12.1 Å². The fourth-order valence-electron chi connectivity index (χ4n) is 1.96. The van der Waals surface area contributed by atoms with Crippen molar-refractivity contribution in [3.8, 4) is 11.5 Å². The van der Waals surface area contributed by atoms with Crippen molar-refractivity contribution in [2.24, 2.45) is 0 Å². The van der Waals surface area contributed by atoms with Crippen LogP contribution in [-0.4, -0.2) is 25.1 Å². The zero-order valence-electron chi connectivity index (χ0n) is 13.2. The molecular formula is C17H16N2O5. The second kappa shape index (κ2) is 7.77. The Kier molecular flexibility index (Phi) is 5.51. The number of nitro groups is 1. The zero-order valence-corrected chi connectivity index (χ0v) is 13.2. The first-order chi connectivity index (χ1) is 11.5. The van der Waals surface area contributed by atoms with Gasteiger partial charge in [0.25, 0.3) is 5.69 Å². The van der Waals surface area contributed by atoms with Gasteiger partial charge in [0.2, 0.25) is 5.91 Å². The van der Waals surface area contributed by atoms with Gasteiger partial charge in [-0.25, -0.2) is 0 Å². The van der Waals surface area contributed by atoms with Crippen LogP contribution in [0.15, 0.2) is 48.5 Å². The van der Waals surface area contributed by atoms with Gasteiger partial charge in [-0.1, -0.05) is 12.1 Å². The lowest BCUT2D eigenvalue weighted by molar-refractivity contribution is -0.384. The van der Waals surface area contributed by atoms with Crippen LogP contribution in [0.2, 0.25) is 0 Å². The molecule has 2 aromatic carbocycles. The van der Waals surface area contributed by atoms with Crippen molar-refractivity contribution >= 4 is 23.4 Å². The Hall–Kier alpha value is -3.35. The Labute approximate surface area is 138 Å². The third-order valence-corrected chi connectivity index (χ3v) is 3.20. The van der Waals surface area contributed by atoms with Gasteiger partial charge in [0.1, 0.15) is 11.5 Å². The van der Waals surface area contributed by atoms with Crippen LogP contribution in [0.3, 0.4) is 0 Å². The molecule has 2 rings (SSSR count). The Balaban J connectivity index is 2.08. The van der Waals surface area contributed by atoms with Crippen molar-refractivity contribution in [3.63, 3.8) is 0 Å². The first-order valence-corrected chi connectivity index (χ1v) is 6.99. The van der Waals surface area contributed by atoms with E-state index in [0.717, 1.165) is 11.3 Å². The summed E-state index contributed by atoms with van der Waals surface area (Å²) in [6.07, 6.45) is 3.01. The fourth-order valence-corrected chi connectivity index (χ4v) is 1.96. The monoisotopic (exact) mass is 328 g/mol. The standard InChI is InChI=1S/C17H16N2O5/c1-23-14-7-3-12(4-8-14)5-10-17(20)18-15-9-6-13(19(21)22)11-16(15)24-2/h3-11H,1-2H3,(H,18,20). The van der Waals surface area contributed by atoms with Gasteiger partial charge in [0.05, 0.1) is 30.9 Å². The second-order valence-electron chi connectivity index (χ2n) is 4.74. The number of amides is 1. The number of carbonyl (C=O) groups excluding carboxylic acids is 1. The van der Waals surface area contributed by atoms with Gasteiger partial charge in [0.15, 0.2) is 0 Å². The van der Waals surface area contributed by atoms with Crippen molar-refractivity contribution in [2.75, 3.05) is 19.5 Å². The van der Waals surface area contributed by atoms with Gasteiger partial charge in [-0.05, 0) is 29.8 Å². The van der Waals surface area contributed by atoms with Crippen LogP contribution in [0.5, 0.6) is 11.5 Å². The molecule has 0 fully saturated rings. The Morgan fingerprint density at radius 3 is 2.42 bits per heavy atom. The molecule has 0 saturated carbocycles. The highest BCUT2D eigenvalue weighted by atomic mass is 16.6. The molecule has 2 aromatic rings. The van der Waals surface area contributed by atoms with Crippen molar-refractivity contribution in [1.29, 1.82) is 0 Å². The lowest BCUT2D eigenvalue weighted by Crippen LogP contribution is -2.09. The van der Waals surface area contributed by atoms with E-state index < -0.39 is 4.92 Å². The number of nitro benzene ring substituents is 1. The molecular weight excluding hydrogens is 312 g/mol. The van der Waals surface area contributed by atoms with Crippen LogP contribution >= 0.6 is 0 Å². The van der Waals surface area contributed by atoms with Crippen LogP contribution in [0.1, 0.15) is 5.56 Å². The third-order valence-electron chi connectivity index (χ3n) is 3.20. The Morgan fingerprint density at radius 1 is 1.12 bits per heavy atom. The number of rotatable bonds is 6. The molecule has 0 aromatic heterocycles. The number of methoxy groups -OCH3 is 2. The van der Waals surface area contributed by atoms with Crippen molar-refractivity contribution in [3.05, 3.63) is 64.2 Å². The predicted molar refractivity (Wildman–Crippen MR) is 90.3 cm³/mol. The normalized spacial score (nSPS) is 10.4. The van der Waals surface area contributed by atoms with E-state index in [9.17, 15) is 14.9 Å². The zero-order chi connectivity index (χ0) is 17.5. The number of hydrogen-bond acceptors (Lipinski definition) is 5. The molecule has 0 aliphatic heterocycles. The first kappa shape index (κ1) is 17.0. The molecule has 0 aliphatic carbocycles. The minimum atomic E-state index is -0.530. The molecule has 0 unspecified atom stereocenters. The number of hydrogen-bond donors (Lipinski definition) is 1. The maximum Gasteiger partial charge on any atom is 0.273 e. The highest BCUT2D eigenvalue weighted by Crippen LogP contribution is 2.29. The SMILES string of the molecule is COc1ccc(C=CC(=O)Nc2ccc([N+](=O)[O-])cc2OC)cc1. The van der Waals surface area contributed by atoms with E-state index in [4.69, 9.17) is 9.47 Å². The van der Waals surface area contributed by atoms with Crippen LogP contribution in [0.4, 0.5) is 11.4 Å². The molecule has 0 saturated heterocycles. The van der Waals surface area contributed by atoms with Crippen molar-refractivity contribution in [1.82, 2.24) is 0 Å². The molecule has 1 amide bonds. The summed E-state index contributed by atoms with van der Waals surface area (Å²) < 4.78 is 10.1. The third kappa shape index (κ3) is 4.33. The fraction of sp³-hybridized carbons (Fsp3) is 0.118. The van der Waals surface area contributed by atoms with Gasteiger partial charge in [-0.15, -0.1) is 0 Å². The number of anilines is 1. The Bertz CT molecular complexity index is 769. The van der Waals surface area contributed by atoms with E-state index in [1.54, 1.807) is 25.3 Å². The lowest BCUT2D eigenvalue weighted by atomic mass is 10.2. The first-order valence-electron chi connectivity index (χ1n) is 6.99. The number of nitrogens with one attached hydrogen (secondary N) is 1. The molecule has 7 heteroatoms. The predicted octanol–water partition coefficient (Wildman–Crippen LogP) is 3.26. The number of carbonyl (C=O) groups is 1. The average Bonchev–Trinajstić information content (AvgIpc) is 2.60. The number of non-ortho nitro benzene ring substituents is 1. The summed E-state index contributed by atoms with van der Waals surface area (Å²) in [7, 11) is 2.96. The smallest absolute Gasteiger partial charge is 0.273 e. The summed E-state index contributed by atoms with van der Waals surface area (Å²) in [4.78, 5) is 22.2. The van der Waals surface area contributed by atoms with Crippen LogP contribution in [0, 0.1) is 10.1 Å². The summed E-state index contributed by atoms with van der Waals surface area (Å²) in [6.45, 7) is 0. The lowest BCUT2D eigenvalue weighted by Gasteiger charge is -2.08. The van der Waals surface area contributed by atoms with E-state index in [-0.39, 0.29) is 17.3 Å². The van der Waals surface area contributed by atoms with Gasteiger partial charge in [-0.2, -0.15) is 0 Å². The molecule has 124 valence electrons. The van der Waals surface area contributed by atoms with Crippen LogP contribution in [0.25, 0.3) is 6.08 Å². The van der Waals surface area contributed by atoms with Gasteiger partial charge < -0.3 is 14.8 Å². The summed E-state index contributed by atoms with van der Waals surface area (Å²) in [5, 5.41) is 13.4. The molecule has 0 heterocycles. The number of benzene rings is 2. The molecule has 1 N–H and O–H groups in total. The summed E-state index contributed by atoms with van der Waals surface area (Å²) in [5.41, 5.74) is 1.08. The van der Waals surface area contributed by atoms with Gasteiger partial charge >= 0.3 is 0 Å². The quantitative estimate of drug-likeness (QED) is 0.499. The van der Waals surface area contributed by atoms with E-state index >= 15 is 0 Å². The largest absolute Gasteiger partial charge is 0.497 e. The summed E-state index contributed by atoms with van der Waals surface area (Å²) in [5.74, 6) is 0.570. The maximum atomic E-state index is 12.0. The topological polar surface area (TPSA) is 90.7 Å². The minimum Gasteiger partial charge on any atom is -0.497 e.